The molecule has 0 fully saturated rings. The molecule has 17 heavy (non-hydrogen) atoms. The summed E-state index contributed by atoms with van der Waals surface area (Å²) < 4.78 is 11.4. The van der Waals surface area contributed by atoms with Crippen LogP contribution in [-0.2, 0) is 16.3 Å². The van der Waals surface area contributed by atoms with Gasteiger partial charge in [0.15, 0.2) is 0 Å². The highest BCUT2D eigenvalue weighted by atomic mass is 32.5. The number of hydrogen-bond acceptors (Lipinski definition) is 3. The Morgan fingerprint density at radius 3 is 2.47 bits per heavy atom. The van der Waals surface area contributed by atoms with Gasteiger partial charge in [-0.25, -0.2) is 5.09 Å². The Bertz CT molecular complexity index is 370. The van der Waals surface area contributed by atoms with Gasteiger partial charge in [0, 0.05) is 6.54 Å². The third kappa shape index (κ3) is 5.64. The van der Waals surface area contributed by atoms with Gasteiger partial charge in [0.1, 0.15) is 5.75 Å². The summed E-state index contributed by atoms with van der Waals surface area (Å²) in [6, 6.07) is 9.56. The maximum Gasteiger partial charge on any atom is 0.312 e. The average molecular weight is 273 g/mol. The summed E-state index contributed by atoms with van der Waals surface area (Å²) in [5.41, 5.74) is 0. The molecule has 0 saturated carbocycles. The molecule has 1 atom stereocenters. The van der Waals surface area contributed by atoms with E-state index in [4.69, 9.17) is 20.9 Å². The van der Waals surface area contributed by atoms with Crippen LogP contribution in [0.2, 0.25) is 0 Å². The second kappa shape index (κ2) is 7.12. The van der Waals surface area contributed by atoms with Gasteiger partial charge in [0.2, 0.25) is 0 Å². The number of hydrogen-bond donors (Lipinski definition) is 1. The highest BCUT2D eigenvalue weighted by Gasteiger charge is 2.19. The largest absolute Gasteiger partial charge is 0.433 e. The third-order valence-corrected chi connectivity index (χ3v) is 4.51. The van der Waals surface area contributed by atoms with Gasteiger partial charge in [-0.15, -0.1) is 0 Å². The van der Waals surface area contributed by atoms with Gasteiger partial charge in [-0.3, -0.25) is 0 Å². The fourth-order valence-corrected chi connectivity index (χ4v) is 3.52. The monoisotopic (exact) mass is 273 g/mol. The van der Waals surface area contributed by atoms with E-state index in [9.17, 15) is 0 Å². The van der Waals surface area contributed by atoms with Crippen molar-refractivity contribution >= 4 is 18.4 Å². The molecule has 0 spiro atoms. The average Bonchev–Trinajstić information content (AvgIpc) is 2.28. The fourth-order valence-electron chi connectivity index (χ4n) is 1.19. The lowest BCUT2D eigenvalue weighted by Crippen LogP contribution is -2.21. The molecule has 96 valence electrons. The van der Waals surface area contributed by atoms with Gasteiger partial charge in [0.05, 0.1) is 6.61 Å². The fraction of sp³-hybridized carbons (Fsp3) is 0.500. The van der Waals surface area contributed by atoms with E-state index in [0.717, 1.165) is 12.3 Å². The lowest BCUT2D eigenvalue weighted by molar-refractivity contribution is 0.320. The standard InChI is InChI=1S/C12H20NO2PS/c1-4-14-16(17,13-10-11(2)3)15-12-8-6-5-7-9-12/h5-9,11H,4,10H2,1-3H3,(H,13,17). The molecule has 0 heterocycles. The van der Waals surface area contributed by atoms with Crippen molar-refractivity contribution in [2.45, 2.75) is 20.8 Å². The molecule has 1 N–H and O–H groups in total. The number of nitrogens with one attached hydrogen (secondary N) is 1. The molecule has 0 radical (unpaired) electrons. The minimum absolute atomic E-state index is 0.511. The van der Waals surface area contributed by atoms with Crippen LogP contribution >= 0.6 is 6.64 Å². The summed E-state index contributed by atoms with van der Waals surface area (Å²) in [6.45, 7) is 5.11. The highest BCUT2D eigenvalue weighted by molar-refractivity contribution is 8.09. The first kappa shape index (κ1) is 14.7. The number of rotatable bonds is 7. The van der Waals surface area contributed by atoms with Gasteiger partial charge in [-0.2, -0.15) is 0 Å². The van der Waals surface area contributed by atoms with E-state index in [1.165, 1.54) is 0 Å². The number of para-hydroxylation sites is 1. The lowest BCUT2D eigenvalue weighted by Gasteiger charge is -2.24. The van der Waals surface area contributed by atoms with E-state index >= 15 is 0 Å². The minimum Gasteiger partial charge on any atom is -0.433 e. The SMILES string of the molecule is CCOP(=S)(NCC(C)C)Oc1ccccc1. The molecule has 0 bridgehead atoms. The van der Waals surface area contributed by atoms with Crippen molar-refractivity contribution in [1.29, 1.82) is 0 Å². The Kier molecular flexibility index (Phi) is 6.14. The molecule has 3 nitrogen and oxygen atoms in total. The maximum atomic E-state index is 5.79. The predicted molar refractivity (Wildman–Crippen MR) is 75.8 cm³/mol. The van der Waals surface area contributed by atoms with Crippen LogP contribution in [-0.4, -0.2) is 13.2 Å². The number of benzene rings is 1. The van der Waals surface area contributed by atoms with Crippen molar-refractivity contribution in [2.24, 2.45) is 5.92 Å². The molecule has 1 aromatic carbocycles. The molecule has 1 aromatic rings. The molecule has 0 aromatic heterocycles. The zero-order chi connectivity index (χ0) is 12.7. The van der Waals surface area contributed by atoms with Crippen LogP contribution in [0.1, 0.15) is 20.8 Å². The summed E-state index contributed by atoms with van der Waals surface area (Å²) in [5, 5.41) is 3.23. The Balaban J connectivity index is 2.67. The zero-order valence-electron chi connectivity index (χ0n) is 10.6. The van der Waals surface area contributed by atoms with Crippen molar-refractivity contribution in [3.63, 3.8) is 0 Å². The van der Waals surface area contributed by atoms with Crippen LogP contribution in [0.15, 0.2) is 30.3 Å². The van der Waals surface area contributed by atoms with E-state index in [0.29, 0.717) is 12.5 Å². The van der Waals surface area contributed by atoms with Crippen LogP contribution in [0.5, 0.6) is 5.75 Å². The Hall–Kier alpha value is -0.410. The first-order valence-electron chi connectivity index (χ1n) is 5.80. The van der Waals surface area contributed by atoms with Crippen molar-refractivity contribution < 1.29 is 9.05 Å². The van der Waals surface area contributed by atoms with Gasteiger partial charge in [0.25, 0.3) is 0 Å². The summed E-state index contributed by atoms with van der Waals surface area (Å²) in [4.78, 5) is 0. The molecular formula is C12H20NO2PS. The smallest absolute Gasteiger partial charge is 0.312 e. The van der Waals surface area contributed by atoms with Crippen molar-refractivity contribution in [3.8, 4) is 5.75 Å². The maximum absolute atomic E-state index is 5.79. The van der Waals surface area contributed by atoms with Crippen molar-refractivity contribution in [3.05, 3.63) is 30.3 Å². The molecule has 0 aliphatic rings. The first-order chi connectivity index (χ1) is 8.06. The van der Waals surface area contributed by atoms with E-state index in [1.807, 2.05) is 37.3 Å². The van der Waals surface area contributed by atoms with E-state index in [-0.39, 0.29) is 0 Å². The molecular weight excluding hydrogens is 253 g/mol. The molecule has 0 amide bonds. The van der Waals surface area contributed by atoms with Gasteiger partial charge < -0.3 is 9.05 Å². The van der Waals surface area contributed by atoms with Crippen molar-refractivity contribution in [1.82, 2.24) is 5.09 Å². The van der Waals surface area contributed by atoms with Crippen LogP contribution in [0.3, 0.4) is 0 Å². The summed E-state index contributed by atoms with van der Waals surface area (Å²) in [5.74, 6) is 1.26. The Morgan fingerprint density at radius 2 is 1.94 bits per heavy atom. The topological polar surface area (TPSA) is 30.5 Å². The van der Waals surface area contributed by atoms with Gasteiger partial charge >= 0.3 is 6.64 Å². The van der Waals surface area contributed by atoms with Gasteiger partial charge in [-0.05, 0) is 36.8 Å². The summed E-state index contributed by atoms with van der Waals surface area (Å²) in [6.07, 6.45) is 0. The van der Waals surface area contributed by atoms with Gasteiger partial charge in [-0.1, -0.05) is 32.0 Å². The second-order valence-corrected chi connectivity index (χ2v) is 7.27. The summed E-state index contributed by atoms with van der Waals surface area (Å²) in [7, 11) is 0. The Morgan fingerprint density at radius 1 is 1.29 bits per heavy atom. The molecule has 1 rings (SSSR count). The first-order valence-corrected chi connectivity index (χ1v) is 8.44. The van der Waals surface area contributed by atoms with Crippen LogP contribution in [0, 0.1) is 5.92 Å². The molecule has 0 aliphatic carbocycles. The third-order valence-electron chi connectivity index (χ3n) is 1.96. The highest BCUT2D eigenvalue weighted by Crippen LogP contribution is 2.44. The normalized spacial score (nSPS) is 14.6. The zero-order valence-corrected chi connectivity index (χ0v) is 12.3. The quantitative estimate of drug-likeness (QED) is 0.769. The van der Waals surface area contributed by atoms with E-state index < -0.39 is 6.64 Å². The summed E-state index contributed by atoms with van der Waals surface area (Å²) >= 11 is 5.46. The molecule has 0 saturated heterocycles. The van der Waals surface area contributed by atoms with Crippen LogP contribution in [0.25, 0.3) is 0 Å². The minimum atomic E-state index is -2.41. The molecule has 0 aliphatic heterocycles. The lowest BCUT2D eigenvalue weighted by atomic mass is 10.2. The van der Waals surface area contributed by atoms with Crippen LogP contribution in [0.4, 0.5) is 0 Å². The van der Waals surface area contributed by atoms with Crippen molar-refractivity contribution in [2.75, 3.05) is 13.2 Å². The molecule has 1 unspecified atom stereocenters. The predicted octanol–water partition coefficient (Wildman–Crippen LogP) is 3.57. The Labute approximate surface area is 109 Å². The van der Waals surface area contributed by atoms with E-state index in [2.05, 4.69) is 18.9 Å². The molecule has 5 heteroatoms. The van der Waals surface area contributed by atoms with Crippen LogP contribution < -0.4 is 9.61 Å². The van der Waals surface area contributed by atoms with E-state index in [1.54, 1.807) is 0 Å². The second-order valence-electron chi connectivity index (χ2n) is 4.08.